The van der Waals surface area contributed by atoms with Crippen LogP contribution in [0.25, 0.3) is 0 Å². The summed E-state index contributed by atoms with van der Waals surface area (Å²) >= 11 is 0. The third-order valence-corrected chi connectivity index (χ3v) is 15.9. The number of ketones is 1. The van der Waals surface area contributed by atoms with E-state index in [-0.39, 0.29) is 23.1 Å². The van der Waals surface area contributed by atoms with Crippen LogP contribution >= 0.6 is 0 Å². The average molecular weight is 459 g/mol. The first-order valence-electron chi connectivity index (χ1n) is 10.6. The van der Waals surface area contributed by atoms with Crippen molar-refractivity contribution in [1.82, 2.24) is 0 Å². The van der Waals surface area contributed by atoms with Crippen LogP contribution in [0.5, 0.6) is 0 Å². The second-order valence-corrected chi connectivity index (χ2v) is 20.8. The van der Waals surface area contributed by atoms with Gasteiger partial charge >= 0.3 is 5.97 Å². The van der Waals surface area contributed by atoms with Crippen molar-refractivity contribution in [3.05, 3.63) is 12.7 Å². The topological polar surface area (TPSA) is 71.1 Å². The second kappa shape index (κ2) is 8.98. The number of hydrogen-bond donors (Lipinski definition) is 0. The van der Waals surface area contributed by atoms with E-state index in [1.54, 1.807) is 0 Å². The number of rotatable bonds is 8. The minimum Gasteiger partial charge on any atom is -0.467 e. The predicted molar refractivity (Wildman–Crippen MR) is 125 cm³/mol. The molecule has 1 saturated heterocycles. The Morgan fingerprint density at radius 1 is 1.10 bits per heavy atom. The smallest absolute Gasteiger partial charge is 0.346 e. The van der Waals surface area contributed by atoms with Crippen molar-refractivity contribution >= 4 is 28.4 Å². The van der Waals surface area contributed by atoms with E-state index in [2.05, 4.69) is 74.3 Å². The molecule has 1 rings (SSSR count). The molecule has 30 heavy (non-hydrogen) atoms. The molecule has 0 N–H and O–H groups in total. The molecule has 0 aromatic carbocycles. The highest BCUT2D eigenvalue weighted by molar-refractivity contribution is 6.74. The third-order valence-electron chi connectivity index (χ3n) is 6.94. The Hall–Kier alpha value is -0.806. The van der Waals surface area contributed by atoms with E-state index in [4.69, 9.17) is 18.3 Å². The average Bonchev–Trinajstić information content (AvgIpc) is 2.84. The highest BCUT2D eigenvalue weighted by Crippen LogP contribution is 2.43. The van der Waals surface area contributed by atoms with Crippen LogP contribution in [-0.2, 0) is 27.9 Å². The van der Waals surface area contributed by atoms with E-state index < -0.39 is 46.2 Å². The molecule has 6 nitrogen and oxygen atoms in total. The van der Waals surface area contributed by atoms with Gasteiger partial charge in [-0.3, -0.25) is 4.79 Å². The first-order chi connectivity index (χ1) is 13.4. The molecule has 0 aromatic heterocycles. The molecule has 0 aromatic rings. The summed E-state index contributed by atoms with van der Waals surface area (Å²) in [6.07, 6.45) is -0.0172. The van der Waals surface area contributed by atoms with Crippen molar-refractivity contribution in [1.29, 1.82) is 0 Å². The standard InChI is InChI=1S/C22H42O6Si2/c1-13-14-22(19(24)25-8)18(23)17(28-30(11,12)21(5,6)7)16(27-22)15-26-29(9,10)20(2,3)4/h13,16-17H,1,14-15H2,2-12H3/t16-,17-,22+/m1/s1. The molecule has 0 unspecified atom stereocenters. The molecule has 0 amide bonds. The summed E-state index contributed by atoms with van der Waals surface area (Å²) in [4.78, 5) is 26.2. The highest BCUT2D eigenvalue weighted by atomic mass is 28.4. The molecule has 0 bridgehead atoms. The van der Waals surface area contributed by atoms with E-state index in [9.17, 15) is 9.59 Å². The summed E-state index contributed by atoms with van der Waals surface area (Å²) in [6.45, 7) is 25.1. The summed E-state index contributed by atoms with van der Waals surface area (Å²) < 4.78 is 23.9. The quantitative estimate of drug-likeness (QED) is 0.224. The first-order valence-corrected chi connectivity index (χ1v) is 16.4. The molecule has 174 valence electrons. The molecule has 1 aliphatic heterocycles. The van der Waals surface area contributed by atoms with E-state index in [1.807, 2.05) is 0 Å². The molecule has 0 aliphatic carbocycles. The van der Waals surface area contributed by atoms with Gasteiger partial charge in [-0.25, -0.2) is 4.79 Å². The molecule has 8 heteroatoms. The molecule has 0 spiro atoms. The van der Waals surface area contributed by atoms with Crippen LogP contribution in [0.1, 0.15) is 48.0 Å². The summed E-state index contributed by atoms with van der Waals surface area (Å²) in [5, 5.41) is -0.0982. The first kappa shape index (κ1) is 27.2. The minimum atomic E-state index is -2.32. The molecule has 1 heterocycles. The lowest BCUT2D eigenvalue weighted by atomic mass is 9.93. The van der Waals surface area contributed by atoms with E-state index in [0.29, 0.717) is 0 Å². The second-order valence-electron chi connectivity index (χ2n) is 11.2. The number of methoxy groups -OCH3 is 1. The van der Waals surface area contributed by atoms with Crippen LogP contribution in [0, 0.1) is 0 Å². The van der Waals surface area contributed by atoms with Crippen molar-refractivity contribution in [2.24, 2.45) is 0 Å². The summed E-state index contributed by atoms with van der Waals surface area (Å²) in [7, 11) is -3.15. The van der Waals surface area contributed by atoms with E-state index in [1.165, 1.54) is 13.2 Å². The van der Waals surface area contributed by atoms with Crippen LogP contribution in [0.2, 0.25) is 36.3 Å². The third kappa shape index (κ3) is 5.32. The fraction of sp³-hybridized carbons (Fsp3) is 0.818. The number of Topliss-reactive ketones (excluding diaryl/α,β-unsaturated/α-hetero) is 1. The van der Waals surface area contributed by atoms with E-state index in [0.717, 1.165) is 0 Å². The van der Waals surface area contributed by atoms with Gasteiger partial charge in [-0.1, -0.05) is 47.6 Å². The number of esters is 1. The van der Waals surface area contributed by atoms with Gasteiger partial charge in [-0.05, 0) is 36.3 Å². The Bertz CT molecular complexity index is 660. The molecule has 1 fully saturated rings. The number of carbonyl (C=O) groups excluding carboxylic acids is 2. The number of hydrogen-bond acceptors (Lipinski definition) is 6. The highest BCUT2D eigenvalue weighted by Gasteiger charge is 2.61. The lowest BCUT2D eigenvalue weighted by Crippen LogP contribution is -2.52. The van der Waals surface area contributed by atoms with Crippen LogP contribution < -0.4 is 0 Å². The van der Waals surface area contributed by atoms with Gasteiger partial charge in [0.05, 0.1) is 13.7 Å². The van der Waals surface area contributed by atoms with Crippen molar-refractivity contribution in [3.8, 4) is 0 Å². The zero-order chi connectivity index (χ0) is 23.8. The largest absolute Gasteiger partial charge is 0.467 e. The van der Waals surface area contributed by atoms with Crippen molar-refractivity contribution < 1.29 is 27.9 Å². The predicted octanol–water partition coefficient (Wildman–Crippen LogP) is 4.85. The van der Waals surface area contributed by atoms with Gasteiger partial charge in [-0.15, -0.1) is 6.58 Å². The summed E-state index contributed by atoms with van der Waals surface area (Å²) in [5.74, 6) is -1.12. The Labute approximate surface area is 184 Å². The lowest BCUT2D eigenvalue weighted by molar-refractivity contribution is -0.171. The van der Waals surface area contributed by atoms with Crippen LogP contribution in [0.15, 0.2) is 12.7 Å². The van der Waals surface area contributed by atoms with Gasteiger partial charge in [-0.2, -0.15) is 0 Å². The van der Waals surface area contributed by atoms with Crippen molar-refractivity contribution in [3.63, 3.8) is 0 Å². The number of carbonyl (C=O) groups is 2. The number of ether oxygens (including phenoxy) is 2. The van der Waals surface area contributed by atoms with Crippen molar-refractivity contribution in [2.75, 3.05) is 13.7 Å². The monoisotopic (exact) mass is 458 g/mol. The Morgan fingerprint density at radius 2 is 1.60 bits per heavy atom. The van der Waals surface area contributed by atoms with Gasteiger partial charge in [0.1, 0.15) is 12.2 Å². The zero-order valence-electron chi connectivity index (χ0n) is 20.8. The van der Waals surface area contributed by atoms with Gasteiger partial charge in [0.25, 0.3) is 0 Å². The molecular weight excluding hydrogens is 416 g/mol. The Balaban J connectivity index is 3.34. The zero-order valence-corrected chi connectivity index (χ0v) is 22.8. The fourth-order valence-electron chi connectivity index (χ4n) is 2.78. The maximum absolute atomic E-state index is 13.5. The van der Waals surface area contributed by atoms with Gasteiger partial charge in [0.15, 0.2) is 16.6 Å². The summed E-state index contributed by atoms with van der Waals surface area (Å²) in [6, 6.07) is 0. The maximum atomic E-state index is 13.5. The molecule has 0 radical (unpaired) electrons. The Morgan fingerprint density at radius 3 is 2.00 bits per heavy atom. The maximum Gasteiger partial charge on any atom is 0.346 e. The molecular formula is C22H42O6Si2. The van der Waals surface area contributed by atoms with Gasteiger partial charge in [0.2, 0.25) is 11.4 Å². The lowest BCUT2D eigenvalue weighted by Gasteiger charge is -2.40. The summed E-state index contributed by atoms with van der Waals surface area (Å²) in [5.41, 5.74) is -1.73. The van der Waals surface area contributed by atoms with E-state index >= 15 is 0 Å². The SMILES string of the molecule is C=CC[C@]1(C(=O)OC)O[C@H](CO[Si](C)(C)C(C)(C)C)[C@@H](O[Si](C)(C)C(C)(C)C)C1=O. The van der Waals surface area contributed by atoms with Gasteiger partial charge in [0, 0.05) is 6.42 Å². The fourth-order valence-corrected chi connectivity index (χ4v) is 5.04. The van der Waals surface area contributed by atoms with Crippen LogP contribution in [0.4, 0.5) is 0 Å². The molecule has 3 atom stereocenters. The van der Waals surface area contributed by atoms with Crippen LogP contribution in [-0.4, -0.2) is 59.9 Å². The van der Waals surface area contributed by atoms with Crippen LogP contribution in [0.3, 0.4) is 0 Å². The molecule has 1 aliphatic rings. The van der Waals surface area contributed by atoms with Gasteiger partial charge < -0.3 is 18.3 Å². The van der Waals surface area contributed by atoms with Crippen molar-refractivity contribution in [2.45, 2.75) is 102 Å². The normalized spacial score (nSPS) is 26.0. The molecule has 0 saturated carbocycles. The Kier molecular flexibility index (Phi) is 8.15. The minimum absolute atomic E-state index is 0.00590.